The molecule has 0 heterocycles. The van der Waals surface area contributed by atoms with Crippen molar-refractivity contribution in [2.24, 2.45) is 0 Å². The van der Waals surface area contributed by atoms with Crippen molar-refractivity contribution in [1.82, 2.24) is 0 Å². The van der Waals surface area contributed by atoms with E-state index in [-0.39, 0.29) is 0 Å². The predicted octanol–water partition coefficient (Wildman–Crippen LogP) is 0.544. The summed E-state index contributed by atoms with van der Waals surface area (Å²) in [5, 5.41) is 20.0. The van der Waals surface area contributed by atoms with Gasteiger partial charge in [0.15, 0.2) is 0 Å². The van der Waals surface area contributed by atoms with Gasteiger partial charge in [-0.15, -0.1) is 0 Å². The third-order valence-electron chi connectivity index (χ3n) is 1.60. The fourth-order valence-electron chi connectivity index (χ4n) is 0.921. The summed E-state index contributed by atoms with van der Waals surface area (Å²) in [7, 11) is 0. The van der Waals surface area contributed by atoms with E-state index < -0.39 is 18.6 Å². The van der Waals surface area contributed by atoms with Gasteiger partial charge in [0.1, 0.15) is 6.04 Å². The highest BCUT2D eigenvalue weighted by atomic mass is 16.4. The molecule has 1 aromatic carbocycles. The zero-order valence-electron chi connectivity index (χ0n) is 6.97. The predicted molar refractivity (Wildman–Crippen MR) is 48.6 cm³/mol. The molecule has 1 aromatic rings. The van der Waals surface area contributed by atoms with Crippen molar-refractivity contribution in [3.05, 3.63) is 30.3 Å². The van der Waals surface area contributed by atoms with Crippen LogP contribution in [-0.4, -0.2) is 28.8 Å². The van der Waals surface area contributed by atoms with E-state index in [0.29, 0.717) is 5.69 Å². The first kappa shape index (κ1) is 9.54. The van der Waals surface area contributed by atoms with Gasteiger partial charge in [0.25, 0.3) is 0 Å². The number of carbonyl (C=O) groups is 1. The highest BCUT2D eigenvalue weighted by molar-refractivity contribution is 5.77. The topological polar surface area (TPSA) is 69.6 Å². The smallest absolute Gasteiger partial charge is 0.328 e. The van der Waals surface area contributed by atoms with Crippen LogP contribution in [0, 0.1) is 0 Å². The Hall–Kier alpha value is -1.55. The maximum absolute atomic E-state index is 10.5. The lowest BCUT2D eigenvalue weighted by atomic mass is 10.2. The Morgan fingerprint density at radius 3 is 2.46 bits per heavy atom. The largest absolute Gasteiger partial charge is 0.480 e. The van der Waals surface area contributed by atoms with E-state index in [1.54, 1.807) is 24.3 Å². The third-order valence-corrected chi connectivity index (χ3v) is 1.60. The normalized spacial score (nSPS) is 12.1. The number of aliphatic hydroxyl groups excluding tert-OH is 1. The molecule has 0 saturated carbocycles. The van der Waals surface area contributed by atoms with Crippen LogP contribution in [-0.2, 0) is 4.79 Å². The molecule has 3 N–H and O–H groups in total. The number of hydrogen-bond donors (Lipinski definition) is 3. The molecular formula is C9H11NO3. The Labute approximate surface area is 75.8 Å². The molecule has 0 aliphatic rings. The summed E-state index contributed by atoms with van der Waals surface area (Å²) in [6.07, 6.45) is 0. The summed E-state index contributed by atoms with van der Waals surface area (Å²) in [5.74, 6) is -1.06. The Bertz CT molecular complexity index is 273. The van der Waals surface area contributed by atoms with Crippen LogP contribution in [0.5, 0.6) is 0 Å². The maximum Gasteiger partial charge on any atom is 0.328 e. The van der Waals surface area contributed by atoms with Gasteiger partial charge < -0.3 is 15.5 Å². The zero-order valence-corrected chi connectivity index (χ0v) is 6.97. The SMILES string of the molecule is O=C(O)[C@H](CO)Nc1ccccc1. The second kappa shape index (κ2) is 4.47. The second-order valence-corrected chi connectivity index (χ2v) is 2.58. The molecule has 1 atom stereocenters. The van der Waals surface area contributed by atoms with Gasteiger partial charge in [0.2, 0.25) is 0 Å². The number of rotatable bonds is 4. The van der Waals surface area contributed by atoms with Crippen LogP contribution in [0.1, 0.15) is 0 Å². The minimum Gasteiger partial charge on any atom is -0.480 e. The molecule has 4 heteroatoms. The Morgan fingerprint density at radius 2 is 2.00 bits per heavy atom. The van der Waals surface area contributed by atoms with Gasteiger partial charge in [0.05, 0.1) is 6.61 Å². The summed E-state index contributed by atoms with van der Waals surface area (Å²) in [4.78, 5) is 10.5. The van der Waals surface area contributed by atoms with Gasteiger partial charge in [0, 0.05) is 5.69 Å². The highest BCUT2D eigenvalue weighted by Crippen LogP contribution is 2.06. The molecule has 4 nitrogen and oxygen atoms in total. The first-order valence-electron chi connectivity index (χ1n) is 3.89. The average molecular weight is 181 g/mol. The molecule has 0 saturated heterocycles. The molecule has 0 spiro atoms. The lowest BCUT2D eigenvalue weighted by molar-refractivity contribution is -0.138. The molecule has 70 valence electrons. The lowest BCUT2D eigenvalue weighted by Crippen LogP contribution is -2.32. The van der Waals surface area contributed by atoms with Crippen LogP contribution in [0.15, 0.2) is 30.3 Å². The number of aliphatic carboxylic acids is 1. The highest BCUT2D eigenvalue weighted by Gasteiger charge is 2.14. The fourth-order valence-corrected chi connectivity index (χ4v) is 0.921. The minimum atomic E-state index is -1.06. The molecule has 0 aliphatic heterocycles. The number of para-hydroxylation sites is 1. The van der Waals surface area contributed by atoms with E-state index in [4.69, 9.17) is 10.2 Å². The van der Waals surface area contributed by atoms with Gasteiger partial charge in [-0.05, 0) is 12.1 Å². The van der Waals surface area contributed by atoms with Gasteiger partial charge in [-0.1, -0.05) is 18.2 Å². The van der Waals surface area contributed by atoms with E-state index in [2.05, 4.69) is 5.32 Å². The van der Waals surface area contributed by atoms with Gasteiger partial charge in [-0.3, -0.25) is 0 Å². The van der Waals surface area contributed by atoms with E-state index in [1.165, 1.54) is 0 Å². The van der Waals surface area contributed by atoms with Gasteiger partial charge in [-0.25, -0.2) is 4.79 Å². The summed E-state index contributed by atoms with van der Waals surface area (Å²) >= 11 is 0. The molecule has 0 aromatic heterocycles. The molecule has 0 aliphatic carbocycles. The summed E-state index contributed by atoms with van der Waals surface area (Å²) < 4.78 is 0. The van der Waals surface area contributed by atoms with Crippen LogP contribution in [0.4, 0.5) is 5.69 Å². The zero-order chi connectivity index (χ0) is 9.68. The minimum absolute atomic E-state index is 0.426. The van der Waals surface area contributed by atoms with Crippen LogP contribution in [0.3, 0.4) is 0 Å². The van der Waals surface area contributed by atoms with Crippen LogP contribution in [0.2, 0.25) is 0 Å². The average Bonchev–Trinajstić information content (AvgIpc) is 2.15. The van der Waals surface area contributed by atoms with Gasteiger partial charge in [-0.2, -0.15) is 0 Å². The standard InChI is InChI=1S/C9H11NO3/c11-6-8(9(12)13)10-7-4-2-1-3-5-7/h1-5,8,10-11H,6H2,(H,12,13)/t8-/m0/s1. The Kier molecular flexibility index (Phi) is 3.28. The molecule has 13 heavy (non-hydrogen) atoms. The lowest BCUT2D eigenvalue weighted by Gasteiger charge is -2.12. The molecule has 0 radical (unpaired) electrons. The van der Waals surface area contributed by atoms with Gasteiger partial charge >= 0.3 is 5.97 Å². The number of nitrogens with one attached hydrogen (secondary N) is 1. The summed E-state index contributed by atoms with van der Waals surface area (Å²) in [6, 6.07) is 7.95. The molecular weight excluding hydrogens is 170 g/mol. The van der Waals surface area contributed by atoms with Crippen molar-refractivity contribution in [3.63, 3.8) is 0 Å². The van der Waals surface area contributed by atoms with Crippen molar-refractivity contribution in [2.75, 3.05) is 11.9 Å². The van der Waals surface area contributed by atoms with E-state index in [1.807, 2.05) is 6.07 Å². The Balaban J connectivity index is 2.62. The molecule has 0 fully saturated rings. The number of hydrogen-bond acceptors (Lipinski definition) is 3. The fraction of sp³-hybridized carbons (Fsp3) is 0.222. The van der Waals surface area contributed by atoms with E-state index >= 15 is 0 Å². The molecule has 1 rings (SSSR count). The number of carboxylic acids is 1. The van der Waals surface area contributed by atoms with Crippen molar-refractivity contribution < 1.29 is 15.0 Å². The number of benzene rings is 1. The van der Waals surface area contributed by atoms with Crippen molar-refractivity contribution in [1.29, 1.82) is 0 Å². The van der Waals surface area contributed by atoms with Crippen LogP contribution < -0.4 is 5.32 Å². The van der Waals surface area contributed by atoms with Crippen molar-refractivity contribution >= 4 is 11.7 Å². The number of carboxylic acid groups (broad SMARTS) is 1. The van der Waals surface area contributed by atoms with Crippen LogP contribution in [0.25, 0.3) is 0 Å². The first-order valence-corrected chi connectivity index (χ1v) is 3.89. The monoisotopic (exact) mass is 181 g/mol. The molecule has 0 amide bonds. The molecule has 0 bridgehead atoms. The van der Waals surface area contributed by atoms with E-state index in [0.717, 1.165) is 0 Å². The second-order valence-electron chi connectivity index (χ2n) is 2.58. The quantitative estimate of drug-likeness (QED) is 0.634. The maximum atomic E-state index is 10.5. The third kappa shape index (κ3) is 2.76. The summed E-state index contributed by atoms with van der Waals surface area (Å²) in [5.41, 5.74) is 0.684. The van der Waals surface area contributed by atoms with Crippen LogP contribution >= 0.6 is 0 Å². The number of aliphatic hydroxyl groups is 1. The van der Waals surface area contributed by atoms with Crippen molar-refractivity contribution in [3.8, 4) is 0 Å². The molecule has 0 unspecified atom stereocenters. The van der Waals surface area contributed by atoms with E-state index in [9.17, 15) is 4.79 Å². The number of anilines is 1. The Morgan fingerprint density at radius 1 is 1.38 bits per heavy atom. The summed E-state index contributed by atoms with van der Waals surface area (Å²) in [6.45, 7) is -0.426. The van der Waals surface area contributed by atoms with Crippen molar-refractivity contribution in [2.45, 2.75) is 6.04 Å². The first-order chi connectivity index (χ1) is 6.24.